The van der Waals surface area contributed by atoms with Gasteiger partial charge in [-0.15, -0.1) is 11.6 Å². The molecule has 20 heavy (non-hydrogen) atoms. The number of aryl methyl sites for hydroxylation is 1. The van der Waals surface area contributed by atoms with Crippen LogP contribution in [-0.4, -0.2) is 9.55 Å². The highest BCUT2D eigenvalue weighted by Gasteiger charge is 2.14. The first-order chi connectivity index (χ1) is 9.61. The normalized spacial score (nSPS) is 11.2. The molecule has 0 fully saturated rings. The van der Waals surface area contributed by atoms with Crippen LogP contribution >= 0.6 is 39.1 Å². The fraction of sp³-hybridized carbons (Fsp3) is 0.133. The number of fused-ring (bicyclic) bond motifs is 1. The van der Waals surface area contributed by atoms with E-state index in [0.717, 1.165) is 27.0 Å². The minimum Gasteiger partial charge on any atom is -0.294 e. The first-order valence-electron chi connectivity index (χ1n) is 6.10. The van der Waals surface area contributed by atoms with Crippen molar-refractivity contribution in [2.24, 2.45) is 0 Å². The molecule has 0 bridgehead atoms. The van der Waals surface area contributed by atoms with Crippen LogP contribution in [0.25, 0.3) is 16.7 Å². The number of imidazole rings is 1. The van der Waals surface area contributed by atoms with E-state index in [1.807, 2.05) is 30.3 Å². The van der Waals surface area contributed by atoms with Crippen molar-refractivity contribution >= 4 is 50.2 Å². The van der Waals surface area contributed by atoms with Gasteiger partial charge in [-0.25, -0.2) is 4.98 Å². The molecule has 3 rings (SSSR count). The maximum atomic E-state index is 6.05. The lowest BCUT2D eigenvalue weighted by atomic mass is 10.2. The molecule has 0 atom stereocenters. The van der Waals surface area contributed by atoms with E-state index in [1.54, 1.807) is 0 Å². The minimum atomic E-state index is 0.340. The predicted molar refractivity (Wildman–Crippen MR) is 88.1 cm³/mol. The lowest BCUT2D eigenvalue weighted by Crippen LogP contribution is -2.01. The molecule has 102 valence electrons. The van der Waals surface area contributed by atoms with Gasteiger partial charge in [-0.2, -0.15) is 0 Å². The number of nitrogens with zero attached hydrogens (tertiary/aromatic N) is 2. The summed E-state index contributed by atoms with van der Waals surface area (Å²) >= 11 is 15.7. The third-order valence-corrected chi connectivity index (χ3v) is 4.72. The third kappa shape index (κ3) is 2.24. The maximum Gasteiger partial charge on any atom is 0.129 e. The van der Waals surface area contributed by atoms with Gasteiger partial charge < -0.3 is 0 Å². The van der Waals surface area contributed by atoms with E-state index in [4.69, 9.17) is 23.2 Å². The molecule has 0 saturated heterocycles. The highest BCUT2D eigenvalue weighted by atomic mass is 79.9. The van der Waals surface area contributed by atoms with E-state index in [1.165, 1.54) is 5.56 Å². The van der Waals surface area contributed by atoms with Gasteiger partial charge in [-0.3, -0.25) is 4.57 Å². The van der Waals surface area contributed by atoms with Gasteiger partial charge in [0, 0.05) is 9.50 Å². The van der Waals surface area contributed by atoms with Crippen LogP contribution in [0.1, 0.15) is 11.4 Å². The van der Waals surface area contributed by atoms with Crippen molar-refractivity contribution in [3.8, 4) is 5.69 Å². The third-order valence-electron chi connectivity index (χ3n) is 3.22. The maximum absolute atomic E-state index is 6.05. The highest BCUT2D eigenvalue weighted by Crippen LogP contribution is 2.30. The van der Waals surface area contributed by atoms with Gasteiger partial charge in [0.2, 0.25) is 0 Å². The molecule has 1 heterocycles. The Hall–Kier alpha value is -1.03. The topological polar surface area (TPSA) is 17.8 Å². The second-order valence-corrected chi connectivity index (χ2v) is 6.03. The molecule has 1 aromatic heterocycles. The summed E-state index contributed by atoms with van der Waals surface area (Å²) in [5, 5.41) is 0.673. The highest BCUT2D eigenvalue weighted by molar-refractivity contribution is 9.10. The Morgan fingerprint density at radius 1 is 1.25 bits per heavy atom. The summed E-state index contributed by atoms with van der Waals surface area (Å²) in [5.41, 5.74) is 4.04. The summed E-state index contributed by atoms with van der Waals surface area (Å²) < 4.78 is 3.11. The van der Waals surface area contributed by atoms with Gasteiger partial charge in [0.05, 0.1) is 22.6 Å². The van der Waals surface area contributed by atoms with Crippen molar-refractivity contribution < 1.29 is 0 Å². The van der Waals surface area contributed by atoms with Crippen LogP contribution in [0, 0.1) is 6.92 Å². The standard InChI is InChI=1S/C15H11BrCl2N2/c1-9-3-2-4-13(15(9)16)20-12-6-5-10(18)7-11(12)19-14(20)8-17/h2-7H,8H2,1H3. The number of hydrogen-bond donors (Lipinski definition) is 0. The molecular formula is C15H11BrCl2N2. The Bertz CT molecular complexity index is 796. The molecular weight excluding hydrogens is 359 g/mol. The largest absolute Gasteiger partial charge is 0.294 e. The lowest BCUT2D eigenvalue weighted by molar-refractivity contribution is 0.974. The van der Waals surface area contributed by atoms with Gasteiger partial charge in [0.1, 0.15) is 5.82 Å². The zero-order valence-corrected chi connectivity index (χ0v) is 13.8. The average Bonchev–Trinajstić information content (AvgIpc) is 2.79. The van der Waals surface area contributed by atoms with Crippen LogP contribution in [0.15, 0.2) is 40.9 Å². The van der Waals surface area contributed by atoms with Crippen LogP contribution in [0.3, 0.4) is 0 Å². The van der Waals surface area contributed by atoms with E-state index in [2.05, 4.69) is 38.5 Å². The van der Waals surface area contributed by atoms with Crippen molar-refractivity contribution in [1.82, 2.24) is 9.55 Å². The molecule has 0 spiro atoms. The molecule has 0 aliphatic rings. The molecule has 0 amide bonds. The van der Waals surface area contributed by atoms with Crippen molar-refractivity contribution in [2.45, 2.75) is 12.8 Å². The zero-order chi connectivity index (χ0) is 14.3. The Kier molecular flexibility index (Phi) is 3.76. The average molecular weight is 370 g/mol. The van der Waals surface area contributed by atoms with Gasteiger partial charge in [-0.05, 0) is 52.7 Å². The van der Waals surface area contributed by atoms with Crippen LogP contribution in [0.5, 0.6) is 0 Å². The van der Waals surface area contributed by atoms with E-state index in [0.29, 0.717) is 10.9 Å². The Morgan fingerprint density at radius 2 is 2.05 bits per heavy atom. The van der Waals surface area contributed by atoms with Gasteiger partial charge in [0.15, 0.2) is 0 Å². The predicted octanol–water partition coefficient (Wildman–Crippen LogP) is 5.49. The molecule has 2 nitrogen and oxygen atoms in total. The van der Waals surface area contributed by atoms with Crippen LogP contribution < -0.4 is 0 Å². The molecule has 0 aliphatic heterocycles. The second kappa shape index (κ2) is 5.40. The van der Waals surface area contributed by atoms with Crippen molar-refractivity contribution in [3.05, 3.63) is 57.3 Å². The van der Waals surface area contributed by atoms with E-state index in [9.17, 15) is 0 Å². The smallest absolute Gasteiger partial charge is 0.129 e. The summed E-state index contributed by atoms with van der Waals surface area (Å²) in [4.78, 5) is 4.56. The molecule has 0 aliphatic carbocycles. The fourth-order valence-corrected chi connectivity index (χ4v) is 3.05. The fourth-order valence-electron chi connectivity index (χ4n) is 2.27. The SMILES string of the molecule is Cc1cccc(-n2c(CCl)nc3cc(Cl)ccc32)c1Br. The summed E-state index contributed by atoms with van der Waals surface area (Å²) in [6, 6.07) is 11.8. The van der Waals surface area contributed by atoms with E-state index in [-0.39, 0.29) is 0 Å². The van der Waals surface area contributed by atoms with Crippen molar-refractivity contribution in [1.29, 1.82) is 0 Å². The number of alkyl halides is 1. The van der Waals surface area contributed by atoms with E-state index >= 15 is 0 Å². The second-order valence-electron chi connectivity index (χ2n) is 4.54. The summed E-state index contributed by atoms with van der Waals surface area (Å²) in [6.07, 6.45) is 0. The molecule has 3 aromatic rings. The molecule has 5 heteroatoms. The number of rotatable bonds is 2. The number of halogens is 3. The Morgan fingerprint density at radius 3 is 2.80 bits per heavy atom. The monoisotopic (exact) mass is 368 g/mol. The summed E-state index contributed by atoms with van der Waals surface area (Å²) in [7, 11) is 0. The minimum absolute atomic E-state index is 0.340. The number of hydrogen-bond acceptors (Lipinski definition) is 1. The number of benzene rings is 2. The number of aromatic nitrogens is 2. The lowest BCUT2D eigenvalue weighted by Gasteiger charge is -2.11. The Labute approximate surface area is 135 Å². The molecule has 2 aromatic carbocycles. The first-order valence-corrected chi connectivity index (χ1v) is 7.80. The molecule has 0 N–H and O–H groups in total. The quantitative estimate of drug-likeness (QED) is 0.546. The zero-order valence-electron chi connectivity index (χ0n) is 10.7. The molecule has 0 radical (unpaired) electrons. The van der Waals surface area contributed by atoms with Gasteiger partial charge in [0.25, 0.3) is 0 Å². The molecule has 0 unspecified atom stereocenters. The van der Waals surface area contributed by atoms with Gasteiger partial charge >= 0.3 is 0 Å². The first kappa shape index (κ1) is 13.9. The Balaban J connectivity index is 2.37. The summed E-state index contributed by atoms with van der Waals surface area (Å²) in [6.45, 7) is 2.06. The molecule has 0 saturated carbocycles. The van der Waals surface area contributed by atoms with Crippen LogP contribution in [0.4, 0.5) is 0 Å². The van der Waals surface area contributed by atoms with Gasteiger partial charge in [-0.1, -0.05) is 23.7 Å². The van der Waals surface area contributed by atoms with Crippen molar-refractivity contribution in [3.63, 3.8) is 0 Å². The van der Waals surface area contributed by atoms with Crippen molar-refractivity contribution in [2.75, 3.05) is 0 Å². The van der Waals surface area contributed by atoms with E-state index < -0.39 is 0 Å². The summed E-state index contributed by atoms with van der Waals surface area (Å²) in [5.74, 6) is 1.14. The van der Waals surface area contributed by atoms with Crippen LogP contribution in [-0.2, 0) is 5.88 Å². The van der Waals surface area contributed by atoms with Crippen LogP contribution in [0.2, 0.25) is 5.02 Å².